The zero-order chi connectivity index (χ0) is 15.1. The topological polar surface area (TPSA) is 17.0 Å². The van der Waals surface area contributed by atoms with Crippen LogP contribution in [0.1, 0.15) is 36.9 Å². The van der Waals surface area contributed by atoms with E-state index in [4.69, 9.17) is 0 Å². The van der Waals surface area contributed by atoms with Crippen LogP contribution in [-0.2, 0) is 13.6 Å². The molecule has 0 saturated carbocycles. The Labute approximate surface area is 133 Å². The van der Waals surface area contributed by atoms with E-state index in [0.717, 1.165) is 13.1 Å². The predicted octanol–water partition coefficient (Wildman–Crippen LogP) is 4.50. The molecular formula is C18H28N2S. The number of hydrogen-bond acceptors (Lipinski definition) is 2. The monoisotopic (exact) mass is 304 g/mol. The smallest absolute Gasteiger partial charge is 0.0483 e. The molecule has 1 heterocycles. The van der Waals surface area contributed by atoms with Gasteiger partial charge in [0, 0.05) is 30.2 Å². The molecule has 0 spiro atoms. The van der Waals surface area contributed by atoms with Gasteiger partial charge in [-0.15, -0.1) is 0 Å². The van der Waals surface area contributed by atoms with Crippen molar-refractivity contribution in [3.05, 3.63) is 35.5 Å². The van der Waals surface area contributed by atoms with Crippen LogP contribution in [0.15, 0.2) is 24.3 Å². The first-order chi connectivity index (χ1) is 10.3. The van der Waals surface area contributed by atoms with E-state index in [2.05, 4.69) is 54.4 Å². The summed E-state index contributed by atoms with van der Waals surface area (Å²) in [5.41, 5.74) is 4.17. The summed E-state index contributed by atoms with van der Waals surface area (Å²) in [7, 11) is 2.18. The minimum atomic E-state index is 0.974. The molecule has 21 heavy (non-hydrogen) atoms. The van der Waals surface area contributed by atoms with Crippen LogP contribution in [0.3, 0.4) is 0 Å². The third-order valence-electron chi connectivity index (χ3n) is 4.25. The second kappa shape index (κ2) is 8.50. The van der Waals surface area contributed by atoms with Gasteiger partial charge in [0.2, 0.25) is 0 Å². The Morgan fingerprint density at radius 3 is 2.62 bits per heavy atom. The summed E-state index contributed by atoms with van der Waals surface area (Å²) in [6.45, 7) is 4.34. The number of unbranched alkanes of at least 4 members (excludes halogenated alkanes) is 3. The molecule has 1 aromatic heterocycles. The largest absolute Gasteiger partial charge is 0.346 e. The lowest BCUT2D eigenvalue weighted by Gasteiger charge is -2.08. The molecule has 0 aliphatic rings. The van der Waals surface area contributed by atoms with Crippen LogP contribution in [0.4, 0.5) is 0 Å². The molecule has 1 aromatic carbocycles. The lowest BCUT2D eigenvalue weighted by atomic mass is 10.1. The maximum Gasteiger partial charge on any atom is 0.0483 e. The lowest BCUT2D eigenvalue weighted by Crippen LogP contribution is -2.17. The molecule has 0 aliphatic heterocycles. The average molecular weight is 305 g/mol. The van der Waals surface area contributed by atoms with Crippen molar-refractivity contribution in [2.24, 2.45) is 7.05 Å². The third-order valence-corrected chi connectivity index (χ3v) is 4.95. The lowest BCUT2D eigenvalue weighted by molar-refractivity contribution is 0.587. The molecule has 0 aliphatic carbocycles. The summed E-state index contributed by atoms with van der Waals surface area (Å²) in [5, 5.41) is 4.99. The van der Waals surface area contributed by atoms with E-state index in [1.807, 2.05) is 11.8 Å². The Bertz CT molecular complexity index is 521. The fraction of sp³-hybridized carbons (Fsp3) is 0.556. The van der Waals surface area contributed by atoms with Gasteiger partial charge in [-0.05, 0) is 49.9 Å². The average Bonchev–Trinajstić information content (AvgIpc) is 2.75. The van der Waals surface area contributed by atoms with Crippen LogP contribution in [0.5, 0.6) is 0 Å². The number of thioether (sulfide) groups is 1. The number of rotatable bonds is 9. The van der Waals surface area contributed by atoms with Crippen molar-refractivity contribution in [1.29, 1.82) is 0 Å². The number of fused-ring (bicyclic) bond motifs is 1. The van der Waals surface area contributed by atoms with E-state index in [1.165, 1.54) is 53.6 Å². The Morgan fingerprint density at radius 2 is 1.86 bits per heavy atom. The molecule has 0 amide bonds. The van der Waals surface area contributed by atoms with E-state index in [0.29, 0.717) is 0 Å². The van der Waals surface area contributed by atoms with Gasteiger partial charge in [-0.25, -0.2) is 0 Å². The summed E-state index contributed by atoms with van der Waals surface area (Å²) >= 11 is 1.95. The molecule has 0 unspecified atom stereocenters. The summed E-state index contributed by atoms with van der Waals surface area (Å²) in [4.78, 5) is 0. The second-order valence-corrected chi connectivity index (χ2v) is 6.72. The van der Waals surface area contributed by atoms with Gasteiger partial charge in [-0.2, -0.15) is 11.8 Å². The fourth-order valence-electron chi connectivity index (χ4n) is 2.94. The van der Waals surface area contributed by atoms with Crippen molar-refractivity contribution in [2.75, 3.05) is 18.6 Å². The van der Waals surface area contributed by atoms with Crippen molar-refractivity contribution < 1.29 is 0 Å². The number of hydrogen-bond donors (Lipinski definition) is 1. The molecular weight excluding hydrogens is 276 g/mol. The normalized spacial score (nSPS) is 11.4. The molecule has 116 valence electrons. The Kier molecular flexibility index (Phi) is 6.65. The van der Waals surface area contributed by atoms with Crippen molar-refractivity contribution in [2.45, 2.75) is 39.2 Å². The highest BCUT2D eigenvalue weighted by molar-refractivity contribution is 7.98. The minimum Gasteiger partial charge on any atom is -0.346 e. The van der Waals surface area contributed by atoms with Crippen molar-refractivity contribution in [1.82, 2.24) is 9.88 Å². The van der Waals surface area contributed by atoms with E-state index in [-0.39, 0.29) is 0 Å². The first-order valence-corrected chi connectivity index (χ1v) is 9.37. The second-order valence-electron chi connectivity index (χ2n) is 5.73. The van der Waals surface area contributed by atoms with Gasteiger partial charge >= 0.3 is 0 Å². The molecule has 2 aromatic rings. The number of nitrogens with zero attached hydrogens (tertiary/aromatic N) is 1. The SMILES string of the molecule is CSCCCCCCNCc1c(C)c2ccccc2n1C. The molecule has 0 atom stereocenters. The first kappa shape index (κ1) is 16.4. The third kappa shape index (κ3) is 4.27. The zero-order valence-corrected chi connectivity index (χ0v) is 14.4. The van der Waals surface area contributed by atoms with Crippen molar-refractivity contribution in [3.63, 3.8) is 0 Å². The highest BCUT2D eigenvalue weighted by Gasteiger charge is 2.10. The Hall–Kier alpha value is -0.930. The van der Waals surface area contributed by atoms with Crippen LogP contribution in [0.2, 0.25) is 0 Å². The quantitative estimate of drug-likeness (QED) is 0.687. The van der Waals surface area contributed by atoms with E-state index < -0.39 is 0 Å². The molecule has 2 rings (SSSR count). The van der Waals surface area contributed by atoms with E-state index in [1.54, 1.807) is 0 Å². The van der Waals surface area contributed by atoms with Gasteiger partial charge in [-0.1, -0.05) is 31.0 Å². The fourth-order valence-corrected chi connectivity index (χ4v) is 3.44. The van der Waals surface area contributed by atoms with Crippen molar-refractivity contribution >= 4 is 22.7 Å². The molecule has 0 radical (unpaired) electrons. The highest BCUT2D eigenvalue weighted by Crippen LogP contribution is 2.24. The molecule has 0 fully saturated rings. The highest BCUT2D eigenvalue weighted by atomic mass is 32.2. The maximum atomic E-state index is 3.61. The van der Waals surface area contributed by atoms with Gasteiger partial charge in [0.25, 0.3) is 0 Å². The number of para-hydroxylation sites is 1. The van der Waals surface area contributed by atoms with Gasteiger partial charge < -0.3 is 9.88 Å². The van der Waals surface area contributed by atoms with Crippen molar-refractivity contribution in [3.8, 4) is 0 Å². The summed E-state index contributed by atoms with van der Waals surface area (Å²) in [6, 6.07) is 8.67. The van der Waals surface area contributed by atoms with Crippen LogP contribution in [0, 0.1) is 6.92 Å². The van der Waals surface area contributed by atoms with Gasteiger partial charge in [0.1, 0.15) is 0 Å². The number of benzene rings is 1. The number of aryl methyl sites for hydroxylation is 2. The first-order valence-electron chi connectivity index (χ1n) is 7.98. The van der Waals surface area contributed by atoms with E-state index in [9.17, 15) is 0 Å². The molecule has 0 saturated heterocycles. The van der Waals surface area contributed by atoms with Crippen LogP contribution in [-0.4, -0.2) is 23.1 Å². The molecule has 3 heteroatoms. The molecule has 1 N–H and O–H groups in total. The predicted molar refractivity (Wildman–Crippen MR) is 96.2 cm³/mol. The molecule has 0 bridgehead atoms. The Morgan fingerprint density at radius 1 is 1.10 bits per heavy atom. The standard InChI is InChI=1S/C18H28N2S/c1-15-16-10-6-7-11-17(16)20(2)18(15)14-19-12-8-4-5-9-13-21-3/h6-7,10-11,19H,4-5,8-9,12-14H2,1-3H3. The number of nitrogens with one attached hydrogen (secondary N) is 1. The van der Waals surface area contributed by atoms with Gasteiger partial charge in [-0.3, -0.25) is 0 Å². The zero-order valence-electron chi connectivity index (χ0n) is 13.6. The van der Waals surface area contributed by atoms with Gasteiger partial charge in [0.15, 0.2) is 0 Å². The maximum absolute atomic E-state index is 3.61. The van der Waals surface area contributed by atoms with Crippen LogP contribution < -0.4 is 5.32 Å². The Balaban J connectivity index is 1.79. The summed E-state index contributed by atoms with van der Waals surface area (Å²) < 4.78 is 2.33. The number of aromatic nitrogens is 1. The van der Waals surface area contributed by atoms with Gasteiger partial charge in [0.05, 0.1) is 0 Å². The van der Waals surface area contributed by atoms with Crippen LogP contribution in [0.25, 0.3) is 10.9 Å². The van der Waals surface area contributed by atoms with E-state index >= 15 is 0 Å². The molecule has 2 nitrogen and oxygen atoms in total. The van der Waals surface area contributed by atoms with Crippen LogP contribution >= 0.6 is 11.8 Å². The summed E-state index contributed by atoms with van der Waals surface area (Å²) in [6.07, 6.45) is 7.56. The minimum absolute atomic E-state index is 0.974. The summed E-state index contributed by atoms with van der Waals surface area (Å²) in [5.74, 6) is 1.31.